The number of hydrogen-bond donors (Lipinski definition) is 2. The fourth-order valence-corrected chi connectivity index (χ4v) is 9.29. The van der Waals surface area contributed by atoms with Gasteiger partial charge in [0.25, 0.3) is 0 Å². The SMILES string of the molecule is OC1(Cc2cccc3oc4cccc(CC5(O)c6ccccc6-c6cc7ccccc7cc65)c4c23)c2ccccc2-c2cc3ccccc3cc21. The van der Waals surface area contributed by atoms with Crippen molar-refractivity contribution in [3.05, 3.63) is 191 Å². The standard InChI is InChI=1S/C48H32O3/c49-47(39-19-7-5-17-35(39)37-23-29-11-1-3-13-31(29)25-41(37)47)27-33-15-9-21-43-45(33)46-34(16-10-22-44(46)51-43)28-48(50)40-20-8-6-18-36(40)38-24-30-12-2-4-14-32(30)26-42(38)48/h1-26,49-50H,27-28H2. The van der Waals surface area contributed by atoms with Crippen molar-refractivity contribution in [2.45, 2.75) is 24.0 Å². The van der Waals surface area contributed by atoms with Gasteiger partial charge in [0.15, 0.2) is 0 Å². The van der Waals surface area contributed by atoms with E-state index in [1.54, 1.807) is 0 Å². The Hall–Kier alpha value is -6.00. The first kappa shape index (κ1) is 28.8. The van der Waals surface area contributed by atoms with Crippen molar-refractivity contribution in [3.63, 3.8) is 0 Å². The Morgan fingerprint density at radius 2 is 0.765 bits per heavy atom. The fourth-order valence-electron chi connectivity index (χ4n) is 9.29. The van der Waals surface area contributed by atoms with E-state index in [0.717, 1.165) is 99.1 Å². The van der Waals surface area contributed by atoms with Crippen molar-refractivity contribution in [3.8, 4) is 22.3 Å². The molecule has 1 heterocycles. The van der Waals surface area contributed by atoms with Crippen LogP contribution in [-0.4, -0.2) is 10.2 Å². The van der Waals surface area contributed by atoms with Crippen molar-refractivity contribution in [1.82, 2.24) is 0 Å². The van der Waals surface area contributed by atoms with Gasteiger partial charge in [0.05, 0.1) is 0 Å². The van der Waals surface area contributed by atoms with Gasteiger partial charge >= 0.3 is 0 Å². The molecule has 2 atom stereocenters. The summed E-state index contributed by atoms with van der Waals surface area (Å²) in [6.07, 6.45) is 0.745. The molecular weight excluding hydrogens is 625 g/mol. The van der Waals surface area contributed by atoms with Crippen LogP contribution in [0.3, 0.4) is 0 Å². The van der Waals surface area contributed by atoms with Gasteiger partial charge in [-0.05, 0) is 114 Å². The second-order valence-electron chi connectivity index (χ2n) is 14.3. The van der Waals surface area contributed by atoms with Crippen LogP contribution in [0.25, 0.3) is 65.7 Å². The molecule has 242 valence electrons. The van der Waals surface area contributed by atoms with Gasteiger partial charge in [-0.2, -0.15) is 0 Å². The molecule has 2 unspecified atom stereocenters. The lowest BCUT2D eigenvalue weighted by atomic mass is 9.81. The predicted octanol–water partition coefficient (Wildman–Crippen LogP) is 10.8. The molecule has 1 aromatic heterocycles. The minimum Gasteiger partial charge on any atom is -0.456 e. The second kappa shape index (κ2) is 10.3. The molecule has 0 aliphatic heterocycles. The zero-order valence-electron chi connectivity index (χ0n) is 27.7. The van der Waals surface area contributed by atoms with Gasteiger partial charge in [0.2, 0.25) is 0 Å². The highest BCUT2D eigenvalue weighted by Crippen LogP contribution is 2.53. The maximum absolute atomic E-state index is 13.0. The maximum Gasteiger partial charge on any atom is 0.135 e. The van der Waals surface area contributed by atoms with Crippen molar-refractivity contribution in [2.75, 3.05) is 0 Å². The normalized spacial score (nSPS) is 18.7. The summed E-state index contributed by atoms with van der Waals surface area (Å²) in [4.78, 5) is 0. The molecule has 0 bridgehead atoms. The predicted molar refractivity (Wildman–Crippen MR) is 206 cm³/mol. The summed E-state index contributed by atoms with van der Waals surface area (Å²) in [7, 11) is 0. The third-order valence-corrected chi connectivity index (χ3v) is 11.6. The molecule has 2 aliphatic rings. The highest BCUT2D eigenvalue weighted by molar-refractivity contribution is 6.09. The van der Waals surface area contributed by atoms with Crippen LogP contribution in [0.4, 0.5) is 0 Å². The van der Waals surface area contributed by atoms with Crippen molar-refractivity contribution >= 4 is 43.5 Å². The molecule has 2 N–H and O–H groups in total. The van der Waals surface area contributed by atoms with E-state index in [-0.39, 0.29) is 0 Å². The summed E-state index contributed by atoms with van der Waals surface area (Å²) in [5.41, 5.74) is 9.03. The molecule has 0 radical (unpaired) electrons. The Balaban J connectivity index is 1.10. The summed E-state index contributed by atoms with van der Waals surface area (Å²) < 4.78 is 6.56. The number of aliphatic hydroxyl groups is 2. The monoisotopic (exact) mass is 656 g/mol. The van der Waals surface area contributed by atoms with Gasteiger partial charge in [-0.1, -0.05) is 121 Å². The molecule has 3 nitrogen and oxygen atoms in total. The molecule has 3 heteroatoms. The molecule has 11 rings (SSSR count). The molecule has 2 aliphatic carbocycles. The summed E-state index contributed by atoms with van der Waals surface area (Å²) in [5, 5.41) is 32.4. The van der Waals surface area contributed by atoms with Crippen LogP contribution in [-0.2, 0) is 24.0 Å². The van der Waals surface area contributed by atoms with Gasteiger partial charge in [0.1, 0.15) is 22.4 Å². The van der Waals surface area contributed by atoms with Gasteiger partial charge in [-0.25, -0.2) is 0 Å². The lowest BCUT2D eigenvalue weighted by Gasteiger charge is -2.28. The van der Waals surface area contributed by atoms with Crippen LogP contribution >= 0.6 is 0 Å². The Bertz CT molecular complexity index is 2720. The van der Waals surface area contributed by atoms with E-state index in [9.17, 15) is 10.2 Å². The Kier molecular flexibility index (Phi) is 5.80. The highest BCUT2D eigenvalue weighted by atomic mass is 16.3. The van der Waals surface area contributed by atoms with Gasteiger partial charge in [-0.3, -0.25) is 0 Å². The quantitative estimate of drug-likeness (QED) is 0.198. The summed E-state index contributed by atoms with van der Waals surface area (Å²) in [6.45, 7) is 0. The second-order valence-corrected chi connectivity index (χ2v) is 14.3. The summed E-state index contributed by atoms with van der Waals surface area (Å²) in [6, 6.07) is 54.3. The fraction of sp³-hybridized carbons (Fsp3) is 0.0833. The van der Waals surface area contributed by atoms with Crippen molar-refractivity contribution < 1.29 is 14.6 Å². The first-order valence-corrected chi connectivity index (χ1v) is 17.6. The van der Waals surface area contributed by atoms with Crippen LogP contribution < -0.4 is 0 Å². The minimum atomic E-state index is -1.24. The molecule has 51 heavy (non-hydrogen) atoms. The summed E-state index contributed by atoms with van der Waals surface area (Å²) in [5.74, 6) is 0. The zero-order chi connectivity index (χ0) is 33.9. The van der Waals surface area contributed by atoms with E-state index in [1.165, 1.54) is 0 Å². The van der Waals surface area contributed by atoms with E-state index < -0.39 is 11.2 Å². The minimum absolute atomic E-state index is 0.373. The number of furan rings is 1. The van der Waals surface area contributed by atoms with Crippen molar-refractivity contribution in [1.29, 1.82) is 0 Å². The smallest absolute Gasteiger partial charge is 0.135 e. The molecule has 0 saturated heterocycles. The first-order valence-electron chi connectivity index (χ1n) is 17.6. The lowest BCUT2D eigenvalue weighted by molar-refractivity contribution is 0.0859. The van der Waals surface area contributed by atoms with E-state index in [0.29, 0.717) is 12.8 Å². The van der Waals surface area contributed by atoms with Crippen LogP contribution in [0.2, 0.25) is 0 Å². The molecular formula is C48H32O3. The lowest BCUT2D eigenvalue weighted by Crippen LogP contribution is -2.28. The Morgan fingerprint density at radius 1 is 0.373 bits per heavy atom. The Morgan fingerprint density at radius 3 is 1.22 bits per heavy atom. The first-order chi connectivity index (χ1) is 25.0. The van der Waals surface area contributed by atoms with Crippen LogP contribution in [0.1, 0.15) is 33.4 Å². The number of rotatable bonds is 4. The van der Waals surface area contributed by atoms with Crippen LogP contribution in [0.5, 0.6) is 0 Å². The third kappa shape index (κ3) is 3.96. The highest BCUT2D eigenvalue weighted by Gasteiger charge is 2.44. The van der Waals surface area contributed by atoms with E-state index in [1.807, 2.05) is 60.7 Å². The average Bonchev–Trinajstić information content (AvgIpc) is 3.75. The third-order valence-electron chi connectivity index (χ3n) is 11.6. The Labute approximate surface area is 294 Å². The van der Waals surface area contributed by atoms with Crippen LogP contribution in [0, 0.1) is 0 Å². The molecule has 0 spiro atoms. The molecule has 0 saturated carbocycles. The number of fused-ring (bicyclic) bond motifs is 11. The maximum atomic E-state index is 13.0. The molecule has 9 aromatic rings. The van der Waals surface area contributed by atoms with Gasteiger partial charge in [-0.15, -0.1) is 0 Å². The zero-order valence-corrected chi connectivity index (χ0v) is 27.7. The van der Waals surface area contributed by atoms with Gasteiger partial charge in [0, 0.05) is 23.6 Å². The van der Waals surface area contributed by atoms with Crippen LogP contribution in [0.15, 0.2) is 162 Å². The summed E-state index contributed by atoms with van der Waals surface area (Å²) >= 11 is 0. The largest absolute Gasteiger partial charge is 0.456 e. The van der Waals surface area contributed by atoms with E-state index in [4.69, 9.17) is 4.42 Å². The molecule has 0 amide bonds. The number of benzene rings is 8. The topological polar surface area (TPSA) is 53.6 Å². The number of hydrogen-bond acceptors (Lipinski definition) is 3. The average molecular weight is 657 g/mol. The van der Waals surface area contributed by atoms with Gasteiger partial charge < -0.3 is 14.6 Å². The van der Waals surface area contributed by atoms with E-state index in [2.05, 4.69) is 97.1 Å². The van der Waals surface area contributed by atoms with E-state index >= 15 is 0 Å². The van der Waals surface area contributed by atoms with Crippen molar-refractivity contribution in [2.24, 2.45) is 0 Å². The molecule has 8 aromatic carbocycles. The molecule has 0 fully saturated rings.